The van der Waals surface area contributed by atoms with Crippen molar-refractivity contribution in [2.24, 2.45) is 0 Å². The van der Waals surface area contributed by atoms with E-state index in [1.807, 2.05) is 19.0 Å². The summed E-state index contributed by atoms with van der Waals surface area (Å²) < 4.78 is 0. The topological polar surface area (TPSA) is 38.8 Å². The average molecular weight is 284 g/mol. The van der Waals surface area contributed by atoms with Crippen LogP contribution in [0.2, 0.25) is 0 Å². The Balaban J connectivity index is 2.19. The Hall–Kier alpha value is -0.650. The molecule has 20 heavy (non-hydrogen) atoms. The van der Waals surface area contributed by atoms with Crippen molar-refractivity contribution < 1.29 is 4.79 Å². The van der Waals surface area contributed by atoms with E-state index in [9.17, 15) is 4.79 Å². The number of nitrogens with one attached hydrogen (secondary N) is 1. The van der Waals surface area contributed by atoms with Crippen LogP contribution in [-0.4, -0.2) is 87.6 Å². The molecule has 5 heteroatoms. The molecule has 0 aromatic rings. The number of carbonyl (C=O) groups excluding carboxylic acids is 1. The molecule has 0 aromatic carbocycles. The van der Waals surface area contributed by atoms with Crippen molar-refractivity contribution in [3.63, 3.8) is 0 Å². The van der Waals surface area contributed by atoms with Crippen molar-refractivity contribution in [2.75, 3.05) is 60.9 Å². The molecule has 1 rings (SSSR count). The third-order valence-corrected chi connectivity index (χ3v) is 4.34. The van der Waals surface area contributed by atoms with Crippen molar-refractivity contribution in [2.45, 2.75) is 31.7 Å². The zero-order valence-corrected chi connectivity index (χ0v) is 13.7. The van der Waals surface area contributed by atoms with Crippen molar-refractivity contribution >= 4 is 5.91 Å². The van der Waals surface area contributed by atoms with Crippen molar-refractivity contribution in [3.8, 4) is 0 Å². The van der Waals surface area contributed by atoms with E-state index in [4.69, 9.17) is 0 Å². The van der Waals surface area contributed by atoms with E-state index in [0.717, 1.165) is 26.1 Å². The van der Waals surface area contributed by atoms with Gasteiger partial charge in [-0.25, -0.2) is 0 Å². The van der Waals surface area contributed by atoms with Crippen LogP contribution in [0.5, 0.6) is 0 Å². The molecule has 0 atom stereocenters. The second kappa shape index (κ2) is 9.32. The van der Waals surface area contributed by atoms with Gasteiger partial charge in [0.2, 0.25) is 5.91 Å². The maximum atomic E-state index is 11.9. The monoisotopic (exact) mass is 284 g/mol. The molecule has 0 aromatic heterocycles. The summed E-state index contributed by atoms with van der Waals surface area (Å²) in [6.07, 6.45) is 4.05. The second-order valence-corrected chi connectivity index (χ2v) is 6.04. The Morgan fingerprint density at radius 3 is 2.50 bits per heavy atom. The second-order valence-electron chi connectivity index (χ2n) is 6.04. The summed E-state index contributed by atoms with van der Waals surface area (Å²) in [6.45, 7) is 5.10. The molecule has 118 valence electrons. The molecule has 1 N–H and O–H groups in total. The van der Waals surface area contributed by atoms with E-state index < -0.39 is 0 Å². The lowest BCUT2D eigenvalue weighted by molar-refractivity contribution is -0.130. The predicted octanol–water partition coefficient (Wildman–Crippen LogP) is 0.470. The van der Waals surface area contributed by atoms with Gasteiger partial charge in [0.15, 0.2) is 0 Å². The van der Waals surface area contributed by atoms with Gasteiger partial charge >= 0.3 is 0 Å². The molecule has 0 saturated carbocycles. The first-order chi connectivity index (χ1) is 9.54. The highest BCUT2D eigenvalue weighted by molar-refractivity contribution is 5.75. The highest BCUT2D eigenvalue weighted by atomic mass is 16.2. The van der Waals surface area contributed by atoms with E-state index in [1.165, 1.54) is 25.9 Å². The molecular weight excluding hydrogens is 252 g/mol. The van der Waals surface area contributed by atoms with Crippen LogP contribution in [-0.2, 0) is 4.79 Å². The Morgan fingerprint density at radius 1 is 1.25 bits per heavy atom. The highest BCUT2D eigenvalue weighted by Crippen LogP contribution is 2.13. The van der Waals surface area contributed by atoms with Gasteiger partial charge in [-0.1, -0.05) is 0 Å². The molecular formula is C15H32N4O. The zero-order chi connectivity index (χ0) is 15.0. The summed E-state index contributed by atoms with van der Waals surface area (Å²) in [5, 5.41) is 3.08. The van der Waals surface area contributed by atoms with E-state index in [-0.39, 0.29) is 5.91 Å². The molecule has 1 aliphatic heterocycles. The molecule has 1 amide bonds. The molecule has 1 heterocycles. The summed E-state index contributed by atoms with van der Waals surface area (Å²) >= 11 is 0. The highest BCUT2D eigenvalue weighted by Gasteiger charge is 2.20. The van der Waals surface area contributed by atoms with Crippen molar-refractivity contribution in [1.29, 1.82) is 0 Å². The van der Waals surface area contributed by atoms with Crippen LogP contribution in [0.4, 0.5) is 0 Å². The number of hydrogen-bond donors (Lipinski definition) is 1. The third-order valence-electron chi connectivity index (χ3n) is 4.34. The molecule has 0 bridgehead atoms. The maximum absolute atomic E-state index is 11.9. The predicted molar refractivity (Wildman–Crippen MR) is 83.9 cm³/mol. The van der Waals surface area contributed by atoms with Crippen LogP contribution < -0.4 is 5.32 Å². The number of likely N-dealkylation sites (tertiary alicyclic amines) is 1. The van der Waals surface area contributed by atoms with Crippen LogP contribution in [0.3, 0.4) is 0 Å². The van der Waals surface area contributed by atoms with Gasteiger partial charge in [0.05, 0.1) is 0 Å². The average Bonchev–Trinajstić information content (AvgIpc) is 2.45. The van der Waals surface area contributed by atoms with Crippen LogP contribution in [0.15, 0.2) is 0 Å². The van der Waals surface area contributed by atoms with Gasteiger partial charge in [-0.15, -0.1) is 0 Å². The first-order valence-corrected chi connectivity index (χ1v) is 7.82. The summed E-state index contributed by atoms with van der Waals surface area (Å²) in [7, 11) is 8.22. The first kappa shape index (κ1) is 17.4. The molecule has 0 radical (unpaired) electrons. The number of piperidine rings is 1. The molecule has 0 spiro atoms. The third kappa shape index (κ3) is 6.20. The van der Waals surface area contributed by atoms with Crippen LogP contribution in [0.25, 0.3) is 0 Å². The van der Waals surface area contributed by atoms with E-state index in [1.54, 1.807) is 0 Å². The fourth-order valence-electron chi connectivity index (χ4n) is 2.66. The van der Waals surface area contributed by atoms with Gasteiger partial charge in [-0.05, 0) is 60.0 Å². The van der Waals surface area contributed by atoms with E-state index >= 15 is 0 Å². The van der Waals surface area contributed by atoms with Crippen LogP contribution >= 0.6 is 0 Å². The fourth-order valence-corrected chi connectivity index (χ4v) is 2.66. The standard InChI is InChI=1S/C15H32N4O/c1-16-9-5-6-15(20)19(4)13-12-18(3)14-7-10-17(2)11-8-14/h14,16H,5-13H2,1-4H3. The Labute approximate surface area is 124 Å². The minimum Gasteiger partial charge on any atom is -0.344 e. The lowest BCUT2D eigenvalue weighted by Crippen LogP contribution is -2.44. The minimum absolute atomic E-state index is 0.261. The normalized spacial score (nSPS) is 17.6. The Bertz CT molecular complexity index is 277. The van der Waals surface area contributed by atoms with Crippen molar-refractivity contribution in [1.82, 2.24) is 20.0 Å². The SMILES string of the molecule is CNCCCC(=O)N(C)CCN(C)C1CCN(C)CC1. The first-order valence-electron chi connectivity index (χ1n) is 7.82. The zero-order valence-electron chi connectivity index (χ0n) is 13.7. The number of amides is 1. The number of hydrogen-bond acceptors (Lipinski definition) is 4. The van der Waals surface area contributed by atoms with E-state index in [0.29, 0.717) is 12.5 Å². The molecule has 1 aliphatic rings. The van der Waals surface area contributed by atoms with Crippen LogP contribution in [0, 0.1) is 0 Å². The van der Waals surface area contributed by atoms with Gasteiger partial charge in [0.1, 0.15) is 0 Å². The molecule has 5 nitrogen and oxygen atoms in total. The van der Waals surface area contributed by atoms with Gasteiger partial charge in [-0.3, -0.25) is 4.79 Å². The largest absolute Gasteiger partial charge is 0.344 e. The summed E-state index contributed by atoms with van der Waals surface area (Å²) in [5.41, 5.74) is 0. The number of likely N-dealkylation sites (N-methyl/N-ethyl adjacent to an activating group) is 2. The lowest BCUT2D eigenvalue weighted by Gasteiger charge is -2.35. The molecule has 1 saturated heterocycles. The quantitative estimate of drug-likeness (QED) is 0.658. The van der Waals surface area contributed by atoms with E-state index in [2.05, 4.69) is 29.2 Å². The summed E-state index contributed by atoms with van der Waals surface area (Å²) in [4.78, 5) is 18.6. The van der Waals surface area contributed by atoms with Gasteiger partial charge in [0.25, 0.3) is 0 Å². The molecule has 0 unspecified atom stereocenters. The Kier molecular flexibility index (Phi) is 8.11. The van der Waals surface area contributed by atoms with Crippen molar-refractivity contribution in [3.05, 3.63) is 0 Å². The minimum atomic E-state index is 0.261. The Morgan fingerprint density at radius 2 is 1.90 bits per heavy atom. The van der Waals surface area contributed by atoms with Gasteiger partial charge in [0, 0.05) is 32.6 Å². The molecule has 0 aliphatic carbocycles. The van der Waals surface area contributed by atoms with Gasteiger partial charge < -0.3 is 20.0 Å². The number of nitrogens with zero attached hydrogens (tertiary/aromatic N) is 3. The summed E-state index contributed by atoms with van der Waals surface area (Å²) in [5.74, 6) is 0.261. The fraction of sp³-hybridized carbons (Fsp3) is 0.933. The lowest BCUT2D eigenvalue weighted by atomic mass is 10.0. The smallest absolute Gasteiger partial charge is 0.222 e. The van der Waals surface area contributed by atoms with Crippen LogP contribution in [0.1, 0.15) is 25.7 Å². The number of rotatable bonds is 8. The maximum Gasteiger partial charge on any atom is 0.222 e. The van der Waals surface area contributed by atoms with Gasteiger partial charge in [-0.2, -0.15) is 0 Å². The molecule has 1 fully saturated rings. The number of carbonyl (C=O) groups is 1. The summed E-state index contributed by atoms with van der Waals surface area (Å²) in [6, 6.07) is 0.680.